The molecule has 0 amide bonds. The van der Waals surface area contributed by atoms with Gasteiger partial charge in [0, 0.05) is 11.6 Å². The second kappa shape index (κ2) is 8.24. The Morgan fingerprint density at radius 1 is 0.960 bits per heavy atom. The SMILES string of the molecule is COc1ccc(OC)c(C(C)NS(=O)(=O)c2ccc(OC)c(I)c2)c1. The molecule has 2 aromatic rings. The third-order valence-corrected chi connectivity index (χ3v) is 6.05. The highest BCUT2D eigenvalue weighted by molar-refractivity contribution is 14.1. The van der Waals surface area contributed by atoms with E-state index in [0.29, 0.717) is 22.8 Å². The van der Waals surface area contributed by atoms with Crippen LogP contribution in [-0.4, -0.2) is 29.7 Å². The van der Waals surface area contributed by atoms with Crippen molar-refractivity contribution in [3.8, 4) is 17.2 Å². The molecule has 2 rings (SSSR count). The van der Waals surface area contributed by atoms with Gasteiger partial charge in [0.1, 0.15) is 17.2 Å². The maximum Gasteiger partial charge on any atom is 0.241 e. The highest BCUT2D eigenvalue weighted by Crippen LogP contribution is 2.31. The number of benzene rings is 2. The van der Waals surface area contributed by atoms with Crippen molar-refractivity contribution >= 4 is 32.6 Å². The van der Waals surface area contributed by atoms with Crippen LogP contribution in [0.15, 0.2) is 41.3 Å². The van der Waals surface area contributed by atoms with Crippen LogP contribution in [0.3, 0.4) is 0 Å². The summed E-state index contributed by atoms with van der Waals surface area (Å²) in [5, 5.41) is 0. The van der Waals surface area contributed by atoms with E-state index >= 15 is 0 Å². The zero-order valence-corrected chi connectivity index (χ0v) is 17.3. The molecule has 1 unspecified atom stereocenters. The number of methoxy groups -OCH3 is 3. The molecule has 1 N–H and O–H groups in total. The van der Waals surface area contributed by atoms with Gasteiger partial charge in [0.05, 0.1) is 29.8 Å². The maximum absolute atomic E-state index is 12.7. The van der Waals surface area contributed by atoms with Crippen molar-refractivity contribution in [1.29, 1.82) is 0 Å². The summed E-state index contributed by atoms with van der Waals surface area (Å²) >= 11 is 2.04. The van der Waals surface area contributed by atoms with Crippen molar-refractivity contribution in [3.63, 3.8) is 0 Å². The Labute approximate surface area is 161 Å². The van der Waals surface area contributed by atoms with Gasteiger partial charge in [-0.25, -0.2) is 13.1 Å². The molecule has 2 aromatic carbocycles. The van der Waals surface area contributed by atoms with Crippen LogP contribution in [0.2, 0.25) is 0 Å². The van der Waals surface area contributed by atoms with Crippen molar-refractivity contribution in [2.45, 2.75) is 17.9 Å². The molecule has 136 valence electrons. The Kier molecular flexibility index (Phi) is 6.53. The van der Waals surface area contributed by atoms with Gasteiger partial charge < -0.3 is 14.2 Å². The van der Waals surface area contributed by atoms with Crippen molar-refractivity contribution in [2.75, 3.05) is 21.3 Å². The minimum Gasteiger partial charge on any atom is -0.497 e. The van der Waals surface area contributed by atoms with Gasteiger partial charge in [-0.2, -0.15) is 0 Å². The van der Waals surface area contributed by atoms with Crippen molar-refractivity contribution in [3.05, 3.63) is 45.5 Å². The molecular formula is C17H20INO5S. The highest BCUT2D eigenvalue weighted by atomic mass is 127. The first-order chi connectivity index (χ1) is 11.8. The lowest BCUT2D eigenvalue weighted by atomic mass is 10.1. The van der Waals surface area contributed by atoms with Crippen LogP contribution in [0, 0.1) is 3.57 Å². The first-order valence-corrected chi connectivity index (χ1v) is 9.96. The van der Waals surface area contributed by atoms with E-state index in [1.54, 1.807) is 58.6 Å². The second-order valence-corrected chi connectivity index (χ2v) is 8.12. The fourth-order valence-corrected chi connectivity index (χ4v) is 4.55. The van der Waals surface area contributed by atoms with E-state index in [0.717, 1.165) is 3.57 Å². The molecule has 0 saturated carbocycles. The molecule has 0 bridgehead atoms. The lowest BCUT2D eigenvalue weighted by molar-refractivity contribution is 0.395. The monoisotopic (exact) mass is 477 g/mol. The molecule has 0 aliphatic heterocycles. The third kappa shape index (κ3) is 4.56. The normalized spacial score (nSPS) is 12.5. The molecule has 0 aliphatic carbocycles. The fraction of sp³-hybridized carbons (Fsp3) is 0.294. The number of hydrogen-bond acceptors (Lipinski definition) is 5. The van der Waals surface area contributed by atoms with Crippen LogP contribution in [-0.2, 0) is 10.0 Å². The van der Waals surface area contributed by atoms with Gasteiger partial charge in [0.2, 0.25) is 10.0 Å². The molecule has 6 nitrogen and oxygen atoms in total. The topological polar surface area (TPSA) is 73.9 Å². The summed E-state index contributed by atoms with van der Waals surface area (Å²) in [6.45, 7) is 1.75. The highest BCUT2D eigenvalue weighted by Gasteiger charge is 2.22. The van der Waals surface area contributed by atoms with Crippen molar-refractivity contribution in [2.24, 2.45) is 0 Å². The molecule has 0 aromatic heterocycles. The van der Waals surface area contributed by atoms with Gasteiger partial charge in [0.25, 0.3) is 0 Å². The minimum atomic E-state index is -3.71. The Morgan fingerprint density at radius 3 is 2.16 bits per heavy atom. The average Bonchev–Trinajstić information content (AvgIpc) is 2.60. The Hall–Kier alpha value is -1.52. The van der Waals surface area contributed by atoms with Crippen LogP contribution in [0.25, 0.3) is 0 Å². The molecule has 0 saturated heterocycles. The van der Waals surface area contributed by atoms with Crippen molar-refractivity contribution < 1.29 is 22.6 Å². The number of rotatable bonds is 7. The largest absolute Gasteiger partial charge is 0.497 e. The van der Waals surface area contributed by atoms with E-state index in [2.05, 4.69) is 4.72 Å². The van der Waals surface area contributed by atoms with Crippen LogP contribution in [0.4, 0.5) is 0 Å². The molecule has 0 fully saturated rings. The number of sulfonamides is 1. The molecule has 0 heterocycles. The number of halogens is 1. The quantitative estimate of drug-likeness (QED) is 0.620. The summed E-state index contributed by atoms with van der Waals surface area (Å²) in [5.41, 5.74) is 0.689. The zero-order chi connectivity index (χ0) is 18.6. The lowest BCUT2D eigenvalue weighted by Gasteiger charge is -2.18. The average molecular weight is 477 g/mol. The van der Waals surface area contributed by atoms with Gasteiger partial charge in [-0.3, -0.25) is 0 Å². The van der Waals surface area contributed by atoms with Crippen LogP contribution in [0.5, 0.6) is 17.2 Å². The first-order valence-electron chi connectivity index (χ1n) is 7.40. The summed E-state index contributed by atoms with van der Waals surface area (Å²) in [6, 6.07) is 9.47. The van der Waals surface area contributed by atoms with E-state index in [1.165, 1.54) is 6.07 Å². The molecule has 0 spiro atoms. The number of hydrogen-bond donors (Lipinski definition) is 1. The summed E-state index contributed by atoms with van der Waals surface area (Å²) in [7, 11) is 0.932. The van der Waals surface area contributed by atoms with Gasteiger partial charge in [0.15, 0.2) is 0 Å². The zero-order valence-electron chi connectivity index (χ0n) is 14.4. The molecule has 0 aliphatic rings. The van der Waals surface area contributed by atoms with E-state index in [-0.39, 0.29) is 4.90 Å². The Bertz CT molecular complexity index is 854. The van der Waals surface area contributed by atoms with E-state index in [1.807, 2.05) is 22.6 Å². The summed E-state index contributed by atoms with van der Waals surface area (Å²) in [5.74, 6) is 1.84. The molecule has 8 heteroatoms. The van der Waals surface area contributed by atoms with E-state index in [4.69, 9.17) is 14.2 Å². The number of ether oxygens (including phenoxy) is 3. The van der Waals surface area contributed by atoms with Gasteiger partial charge in [-0.05, 0) is 65.9 Å². The van der Waals surface area contributed by atoms with Gasteiger partial charge in [-0.15, -0.1) is 0 Å². The molecular weight excluding hydrogens is 457 g/mol. The summed E-state index contributed by atoms with van der Waals surface area (Å²) < 4.78 is 44.5. The summed E-state index contributed by atoms with van der Waals surface area (Å²) in [4.78, 5) is 0.173. The van der Waals surface area contributed by atoms with Crippen LogP contribution in [0.1, 0.15) is 18.5 Å². The van der Waals surface area contributed by atoms with E-state index < -0.39 is 16.1 Å². The Balaban J connectivity index is 2.33. The Morgan fingerprint density at radius 2 is 1.60 bits per heavy atom. The van der Waals surface area contributed by atoms with Gasteiger partial charge in [-0.1, -0.05) is 0 Å². The standard InChI is InChI=1S/C17H20INO5S/c1-11(14-9-12(22-2)5-7-16(14)23-3)19-25(20,21)13-6-8-17(24-4)15(18)10-13/h5-11,19H,1-4H3. The van der Waals surface area contributed by atoms with E-state index in [9.17, 15) is 8.42 Å². The second-order valence-electron chi connectivity index (χ2n) is 5.25. The van der Waals surface area contributed by atoms with Crippen LogP contribution >= 0.6 is 22.6 Å². The molecule has 1 atom stereocenters. The maximum atomic E-state index is 12.7. The minimum absolute atomic E-state index is 0.173. The van der Waals surface area contributed by atoms with Crippen LogP contribution < -0.4 is 18.9 Å². The smallest absolute Gasteiger partial charge is 0.241 e. The molecule has 25 heavy (non-hydrogen) atoms. The molecule has 0 radical (unpaired) electrons. The third-order valence-electron chi connectivity index (χ3n) is 3.67. The fourth-order valence-electron chi connectivity index (χ4n) is 2.36. The van der Waals surface area contributed by atoms with Crippen molar-refractivity contribution in [1.82, 2.24) is 4.72 Å². The predicted molar refractivity (Wildman–Crippen MR) is 104 cm³/mol. The predicted octanol–water partition coefficient (Wildman–Crippen LogP) is 3.36. The summed E-state index contributed by atoms with van der Waals surface area (Å²) in [6.07, 6.45) is 0. The lowest BCUT2D eigenvalue weighted by Crippen LogP contribution is -2.27. The number of nitrogens with one attached hydrogen (secondary N) is 1. The van der Waals surface area contributed by atoms with Gasteiger partial charge >= 0.3 is 0 Å². The first kappa shape index (κ1) is 19.8.